The summed E-state index contributed by atoms with van der Waals surface area (Å²) in [7, 11) is 0. The van der Waals surface area contributed by atoms with Gasteiger partial charge in [0.1, 0.15) is 11.1 Å². The van der Waals surface area contributed by atoms with E-state index < -0.39 is 0 Å². The van der Waals surface area contributed by atoms with Gasteiger partial charge < -0.3 is 5.32 Å². The van der Waals surface area contributed by atoms with Crippen LogP contribution in [0.1, 0.15) is 53.6 Å². The predicted octanol–water partition coefficient (Wildman–Crippen LogP) is 6.40. The van der Waals surface area contributed by atoms with Crippen molar-refractivity contribution in [2.75, 3.05) is 11.6 Å². The molecule has 1 aliphatic rings. The van der Waals surface area contributed by atoms with Crippen molar-refractivity contribution in [2.24, 2.45) is 11.3 Å². The van der Waals surface area contributed by atoms with E-state index in [-0.39, 0.29) is 11.3 Å². The average molecular weight is 419 g/mol. The van der Waals surface area contributed by atoms with Crippen molar-refractivity contribution in [3.63, 3.8) is 0 Å². The number of carbonyl (C=O) groups excluding carboxylic acids is 1. The predicted molar refractivity (Wildman–Crippen MR) is 115 cm³/mol. The van der Waals surface area contributed by atoms with Crippen LogP contribution in [-0.2, 0) is 12.8 Å². The average Bonchev–Trinajstić information content (AvgIpc) is 2.97. The molecule has 1 atom stereocenters. The van der Waals surface area contributed by atoms with E-state index >= 15 is 0 Å². The van der Waals surface area contributed by atoms with E-state index in [4.69, 9.17) is 11.6 Å². The zero-order valence-corrected chi connectivity index (χ0v) is 18.4. The van der Waals surface area contributed by atoms with Gasteiger partial charge in [-0.3, -0.25) is 4.79 Å². The van der Waals surface area contributed by atoms with E-state index in [1.165, 1.54) is 4.88 Å². The maximum Gasteiger partial charge on any atom is 0.257 e. The SMILES string of the molecule is CSc1ccc(Cl)c(C(=O)Nc2sc3c(c2C#N)CCC(C(C)(C)C)C3)c1. The van der Waals surface area contributed by atoms with Crippen LogP contribution >= 0.6 is 34.7 Å². The topological polar surface area (TPSA) is 52.9 Å². The second-order valence-corrected chi connectivity index (χ2v) is 10.3. The second-order valence-electron chi connectivity index (χ2n) is 7.93. The molecule has 1 aromatic carbocycles. The zero-order valence-electron chi connectivity index (χ0n) is 16.0. The van der Waals surface area contributed by atoms with Crippen LogP contribution in [0.2, 0.25) is 5.02 Å². The van der Waals surface area contributed by atoms with Crippen molar-refractivity contribution in [1.82, 2.24) is 0 Å². The van der Waals surface area contributed by atoms with Crippen molar-refractivity contribution in [2.45, 2.75) is 44.9 Å². The first-order valence-corrected chi connectivity index (χ1v) is 11.4. The number of carbonyl (C=O) groups is 1. The maximum absolute atomic E-state index is 12.8. The molecule has 6 heteroatoms. The number of benzene rings is 1. The Hall–Kier alpha value is -1.48. The quantitative estimate of drug-likeness (QED) is 0.586. The molecule has 1 aliphatic carbocycles. The minimum absolute atomic E-state index is 0.240. The maximum atomic E-state index is 12.8. The molecule has 0 fully saturated rings. The number of hydrogen-bond donors (Lipinski definition) is 1. The highest BCUT2D eigenvalue weighted by Gasteiger charge is 2.32. The van der Waals surface area contributed by atoms with Gasteiger partial charge >= 0.3 is 0 Å². The van der Waals surface area contributed by atoms with Gasteiger partial charge in [0.25, 0.3) is 5.91 Å². The Morgan fingerprint density at radius 3 is 2.78 bits per heavy atom. The number of nitrogens with one attached hydrogen (secondary N) is 1. The minimum atomic E-state index is -0.265. The lowest BCUT2D eigenvalue weighted by Gasteiger charge is -2.33. The van der Waals surface area contributed by atoms with E-state index in [0.717, 1.165) is 29.7 Å². The molecule has 0 saturated carbocycles. The molecule has 0 bridgehead atoms. The summed E-state index contributed by atoms with van der Waals surface area (Å²) in [5, 5.41) is 13.7. The highest BCUT2D eigenvalue weighted by Crippen LogP contribution is 2.44. The lowest BCUT2D eigenvalue weighted by atomic mass is 9.72. The summed E-state index contributed by atoms with van der Waals surface area (Å²) in [6.07, 6.45) is 4.90. The van der Waals surface area contributed by atoms with Crippen LogP contribution in [0.4, 0.5) is 5.00 Å². The number of thiophene rings is 1. The molecule has 1 heterocycles. The molecule has 0 radical (unpaired) electrons. The van der Waals surface area contributed by atoms with Gasteiger partial charge in [0, 0.05) is 9.77 Å². The Kier molecular flexibility index (Phi) is 5.90. The smallest absolute Gasteiger partial charge is 0.257 e. The summed E-state index contributed by atoms with van der Waals surface area (Å²) in [5.74, 6) is 0.324. The van der Waals surface area contributed by atoms with Crippen molar-refractivity contribution in [3.05, 3.63) is 44.8 Å². The first kappa shape index (κ1) is 20.3. The van der Waals surface area contributed by atoms with Gasteiger partial charge in [-0.25, -0.2) is 0 Å². The van der Waals surface area contributed by atoms with Crippen LogP contribution in [0, 0.1) is 22.7 Å². The van der Waals surface area contributed by atoms with Crippen LogP contribution < -0.4 is 5.32 Å². The zero-order chi connectivity index (χ0) is 19.8. The first-order chi connectivity index (χ1) is 12.7. The molecule has 0 spiro atoms. The van der Waals surface area contributed by atoms with E-state index in [2.05, 4.69) is 32.2 Å². The highest BCUT2D eigenvalue weighted by atomic mass is 35.5. The van der Waals surface area contributed by atoms with Crippen molar-refractivity contribution in [3.8, 4) is 6.07 Å². The number of hydrogen-bond acceptors (Lipinski definition) is 4. The first-order valence-electron chi connectivity index (χ1n) is 8.94. The summed E-state index contributed by atoms with van der Waals surface area (Å²) in [5.41, 5.74) is 2.41. The van der Waals surface area contributed by atoms with E-state index in [0.29, 0.717) is 27.1 Å². The summed E-state index contributed by atoms with van der Waals surface area (Å²) in [6, 6.07) is 7.73. The molecular formula is C21H23ClN2OS2. The number of anilines is 1. The third-order valence-electron chi connectivity index (χ3n) is 5.25. The molecule has 1 N–H and O–H groups in total. The van der Waals surface area contributed by atoms with Gasteiger partial charge in [0.15, 0.2) is 0 Å². The van der Waals surface area contributed by atoms with Gasteiger partial charge in [0.05, 0.1) is 16.1 Å². The third-order valence-corrected chi connectivity index (χ3v) is 7.47. The van der Waals surface area contributed by atoms with Crippen LogP contribution in [0.3, 0.4) is 0 Å². The number of amides is 1. The van der Waals surface area contributed by atoms with Gasteiger partial charge in [-0.2, -0.15) is 5.26 Å². The molecule has 0 aliphatic heterocycles. The van der Waals surface area contributed by atoms with E-state index in [9.17, 15) is 10.1 Å². The molecule has 0 saturated heterocycles. The monoisotopic (exact) mass is 418 g/mol. The number of nitrogens with zero attached hydrogens (tertiary/aromatic N) is 1. The largest absolute Gasteiger partial charge is 0.312 e. The molecule has 1 amide bonds. The molecule has 1 unspecified atom stereocenters. The lowest BCUT2D eigenvalue weighted by Crippen LogP contribution is -2.26. The van der Waals surface area contributed by atoms with Gasteiger partial charge in [-0.05, 0) is 60.6 Å². The van der Waals surface area contributed by atoms with Crippen LogP contribution in [0.25, 0.3) is 0 Å². The van der Waals surface area contributed by atoms with E-state index in [1.807, 2.05) is 12.3 Å². The molecule has 3 nitrogen and oxygen atoms in total. The molecule has 27 heavy (non-hydrogen) atoms. The Bertz CT molecular complexity index is 921. The van der Waals surface area contributed by atoms with Gasteiger partial charge in [-0.1, -0.05) is 32.4 Å². The number of thioether (sulfide) groups is 1. The van der Waals surface area contributed by atoms with Crippen molar-refractivity contribution >= 4 is 45.6 Å². The fourth-order valence-corrected chi connectivity index (χ4v) is 5.42. The number of nitriles is 1. The van der Waals surface area contributed by atoms with Crippen molar-refractivity contribution < 1.29 is 4.79 Å². The molecule has 142 valence electrons. The number of fused-ring (bicyclic) bond motifs is 1. The Labute approximate surface area is 174 Å². The van der Waals surface area contributed by atoms with Crippen LogP contribution in [0.15, 0.2) is 23.1 Å². The summed E-state index contributed by atoms with van der Waals surface area (Å²) in [4.78, 5) is 15.0. The fraction of sp³-hybridized carbons (Fsp3) is 0.429. The number of halogens is 1. The molecular weight excluding hydrogens is 396 g/mol. The Balaban J connectivity index is 1.90. The van der Waals surface area contributed by atoms with Crippen molar-refractivity contribution in [1.29, 1.82) is 5.26 Å². The Morgan fingerprint density at radius 2 is 2.15 bits per heavy atom. The molecule has 1 aromatic heterocycles. The van der Waals surface area contributed by atoms with Gasteiger partial charge in [-0.15, -0.1) is 23.1 Å². The highest BCUT2D eigenvalue weighted by molar-refractivity contribution is 7.98. The summed E-state index contributed by atoms with van der Waals surface area (Å²) in [6.45, 7) is 6.81. The third kappa shape index (κ3) is 4.18. The normalized spacial score (nSPS) is 16.5. The second kappa shape index (κ2) is 7.87. The Morgan fingerprint density at radius 1 is 1.41 bits per heavy atom. The van der Waals surface area contributed by atoms with Crippen LogP contribution in [-0.4, -0.2) is 12.2 Å². The molecule has 3 rings (SSSR count). The minimum Gasteiger partial charge on any atom is -0.312 e. The van der Waals surface area contributed by atoms with Crippen LogP contribution in [0.5, 0.6) is 0 Å². The number of rotatable bonds is 3. The van der Waals surface area contributed by atoms with Gasteiger partial charge in [0.2, 0.25) is 0 Å². The summed E-state index contributed by atoms with van der Waals surface area (Å²) < 4.78 is 0. The fourth-order valence-electron chi connectivity index (χ4n) is 3.51. The standard InChI is InChI=1S/C21H23ClN2OS2/c1-21(2,3)12-5-7-14-16(11-23)20(27-18(14)9-12)24-19(25)15-10-13(26-4)6-8-17(15)22/h6,8,10,12H,5,7,9H2,1-4H3,(H,24,25). The van der Waals surface area contributed by atoms with E-state index in [1.54, 1.807) is 35.2 Å². The lowest BCUT2D eigenvalue weighted by molar-refractivity contribution is 0.102. The molecule has 2 aromatic rings. The summed E-state index contributed by atoms with van der Waals surface area (Å²) >= 11 is 9.33.